The van der Waals surface area contributed by atoms with Crippen LogP contribution in [0.1, 0.15) is 37.5 Å². The van der Waals surface area contributed by atoms with Gasteiger partial charge >= 0.3 is 0 Å². The molecule has 0 fully saturated rings. The van der Waals surface area contributed by atoms with Crippen LogP contribution in [0.5, 0.6) is 0 Å². The Bertz CT molecular complexity index is 421. The van der Waals surface area contributed by atoms with E-state index < -0.39 is 0 Å². The average molecular weight is 302 g/mol. The minimum absolute atomic E-state index is 0.0471. The van der Waals surface area contributed by atoms with Gasteiger partial charge in [0.05, 0.1) is 5.69 Å². The lowest BCUT2D eigenvalue weighted by Crippen LogP contribution is -2.32. The maximum absolute atomic E-state index is 11.9. The Hall–Kier alpha value is -0.730. The fraction of sp³-hybridized carbons (Fsp3) is 0.533. The third kappa shape index (κ3) is 3.64. The van der Waals surface area contributed by atoms with E-state index >= 15 is 0 Å². The van der Waals surface area contributed by atoms with Gasteiger partial charge in [0.1, 0.15) is 11.9 Å². The zero-order valence-electron chi connectivity index (χ0n) is 11.8. The summed E-state index contributed by atoms with van der Waals surface area (Å²) in [6.07, 6.45) is 2.74. The molecule has 0 radical (unpaired) electrons. The predicted molar refractivity (Wildman–Crippen MR) is 83.5 cm³/mol. The van der Waals surface area contributed by atoms with Crippen molar-refractivity contribution >= 4 is 34.8 Å². The number of aryl methyl sites for hydroxylation is 3. The van der Waals surface area contributed by atoms with E-state index in [1.807, 2.05) is 0 Å². The first-order valence-corrected chi connectivity index (χ1v) is 7.76. The molecule has 0 saturated carbocycles. The Morgan fingerprint density at radius 2 is 1.58 bits per heavy atom. The van der Waals surface area contributed by atoms with Crippen molar-refractivity contribution in [2.24, 2.45) is 0 Å². The molecule has 1 amide bonds. The molecule has 106 valence electrons. The van der Waals surface area contributed by atoms with Gasteiger partial charge in [-0.1, -0.05) is 32.9 Å². The Kier molecular flexibility index (Phi) is 6.67. The second-order valence-corrected chi connectivity index (χ2v) is 4.90. The SMILES string of the molecule is CCc1cc(CC)c(N(CCl)C(=O)CCl)c(CC)c1. The maximum atomic E-state index is 11.9. The zero-order valence-corrected chi connectivity index (χ0v) is 13.3. The topological polar surface area (TPSA) is 20.3 Å². The monoisotopic (exact) mass is 301 g/mol. The van der Waals surface area contributed by atoms with Gasteiger partial charge in [-0.2, -0.15) is 0 Å². The molecule has 2 nitrogen and oxygen atoms in total. The summed E-state index contributed by atoms with van der Waals surface area (Å²) in [6, 6.07) is 4.46. The van der Waals surface area contributed by atoms with Crippen LogP contribution in [0.15, 0.2) is 12.1 Å². The van der Waals surface area contributed by atoms with E-state index in [1.165, 1.54) is 5.56 Å². The van der Waals surface area contributed by atoms with Crippen molar-refractivity contribution in [3.8, 4) is 0 Å². The number of alkyl halides is 2. The highest BCUT2D eigenvalue weighted by Gasteiger charge is 2.20. The Morgan fingerprint density at radius 1 is 1.05 bits per heavy atom. The van der Waals surface area contributed by atoms with Gasteiger partial charge in [0, 0.05) is 0 Å². The lowest BCUT2D eigenvalue weighted by Gasteiger charge is -2.25. The fourth-order valence-electron chi connectivity index (χ4n) is 2.25. The molecule has 0 aliphatic rings. The van der Waals surface area contributed by atoms with Crippen LogP contribution in [0.25, 0.3) is 0 Å². The van der Waals surface area contributed by atoms with Crippen LogP contribution in [0, 0.1) is 0 Å². The van der Waals surface area contributed by atoms with E-state index in [0.717, 1.165) is 36.1 Å². The number of rotatable bonds is 6. The van der Waals surface area contributed by atoms with Gasteiger partial charge in [-0.15, -0.1) is 23.2 Å². The second-order valence-electron chi connectivity index (χ2n) is 4.40. The third-order valence-corrected chi connectivity index (χ3v) is 3.77. The summed E-state index contributed by atoms with van der Waals surface area (Å²) < 4.78 is 0. The molecule has 0 aromatic heterocycles. The average Bonchev–Trinajstić information content (AvgIpc) is 2.47. The number of hydrogen-bond acceptors (Lipinski definition) is 1. The highest BCUT2D eigenvalue weighted by atomic mass is 35.5. The lowest BCUT2D eigenvalue weighted by molar-refractivity contribution is -0.116. The van der Waals surface area contributed by atoms with E-state index in [2.05, 4.69) is 32.9 Å². The largest absolute Gasteiger partial charge is 0.297 e. The summed E-state index contributed by atoms with van der Waals surface area (Å²) in [4.78, 5) is 13.5. The van der Waals surface area contributed by atoms with Crippen LogP contribution in [0.3, 0.4) is 0 Å². The van der Waals surface area contributed by atoms with Crippen molar-refractivity contribution in [2.75, 3.05) is 16.8 Å². The summed E-state index contributed by atoms with van der Waals surface area (Å²) in [7, 11) is 0. The number of nitrogens with zero attached hydrogens (tertiary/aromatic N) is 1. The summed E-state index contributed by atoms with van der Waals surface area (Å²) in [6.45, 7) is 6.32. The van der Waals surface area contributed by atoms with E-state index in [0.29, 0.717) is 0 Å². The van der Waals surface area contributed by atoms with E-state index in [-0.39, 0.29) is 17.8 Å². The first-order valence-electron chi connectivity index (χ1n) is 6.69. The molecular weight excluding hydrogens is 281 g/mol. The van der Waals surface area contributed by atoms with E-state index in [4.69, 9.17) is 23.2 Å². The Balaban J connectivity index is 3.41. The number of hydrogen-bond donors (Lipinski definition) is 0. The first kappa shape index (κ1) is 16.3. The van der Waals surface area contributed by atoms with Gasteiger partial charge in [0.25, 0.3) is 0 Å². The smallest absolute Gasteiger partial charge is 0.242 e. The maximum Gasteiger partial charge on any atom is 0.242 e. The van der Waals surface area contributed by atoms with Crippen LogP contribution in [0.2, 0.25) is 0 Å². The lowest BCUT2D eigenvalue weighted by atomic mass is 9.97. The predicted octanol–water partition coefficient (Wildman–Crippen LogP) is 4.14. The number of anilines is 1. The Morgan fingerprint density at radius 3 is 1.89 bits per heavy atom. The number of halogens is 2. The van der Waals surface area contributed by atoms with Crippen molar-refractivity contribution in [1.82, 2.24) is 0 Å². The van der Waals surface area contributed by atoms with Crippen LogP contribution >= 0.6 is 23.2 Å². The molecule has 19 heavy (non-hydrogen) atoms. The normalized spacial score (nSPS) is 10.6. The molecule has 1 aromatic carbocycles. The third-order valence-electron chi connectivity index (χ3n) is 3.30. The highest BCUT2D eigenvalue weighted by Crippen LogP contribution is 2.29. The summed E-state index contributed by atoms with van der Waals surface area (Å²) in [5.41, 5.74) is 4.57. The van der Waals surface area contributed by atoms with Crippen molar-refractivity contribution in [3.05, 3.63) is 28.8 Å². The molecule has 1 rings (SSSR count). The summed E-state index contributed by atoms with van der Waals surface area (Å²) >= 11 is 11.6. The van der Waals surface area contributed by atoms with Crippen LogP contribution in [0.4, 0.5) is 5.69 Å². The van der Waals surface area contributed by atoms with Crippen molar-refractivity contribution < 1.29 is 4.79 Å². The van der Waals surface area contributed by atoms with Crippen LogP contribution in [-0.4, -0.2) is 17.8 Å². The fourth-order valence-corrected chi connectivity index (χ4v) is 2.64. The highest BCUT2D eigenvalue weighted by molar-refractivity contribution is 6.31. The molecule has 0 aliphatic heterocycles. The molecule has 0 atom stereocenters. The first-order chi connectivity index (χ1) is 9.12. The summed E-state index contributed by atoms with van der Waals surface area (Å²) in [5.74, 6) is -0.195. The Labute approximate surface area is 125 Å². The van der Waals surface area contributed by atoms with Gasteiger partial charge in [-0.3, -0.25) is 9.69 Å². The minimum Gasteiger partial charge on any atom is -0.297 e. The molecule has 0 bridgehead atoms. The van der Waals surface area contributed by atoms with E-state index in [9.17, 15) is 4.79 Å². The van der Waals surface area contributed by atoms with Gasteiger partial charge in [-0.05, 0) is 36.0 Å². The number of benzene rings is 1. The molecule has 0 heterocycles. The van der Waals surface area contributed by atoms with Crippen LogP contribution < -0.4 is 4.90 Å². The quantitative estimate of drug-likeness (QED) is 0.571. The van der Waals surface area contributed by atoms with Crippen molar-refractivity contribution in [2.45, 2.75) is 40.0 Å². The van der Waals surface area contributed by atoms with Crippen molar-refractivity contribution in [3.63, 3.8) is 0 Å². The van der Waals surface area contributed by atoms with Gasteiger partial charge in [0.15, 0.2) is 0 Å². The molecular formula is C15H21Cl2NO. The van der Waals surface area contributed by atoms with Gasteiger partial charge in [0.2, 0.25) is 5.91 Å². The van der Waals surface area contributed by atoms with Gasteiger partial charge < -0.3 is 0 Å². The summed E-state index contributed by atoms with van der Waals surface area (Å²) in [5, 5.41) is 0. The molecule has 0 saturated heterocycles. The number of amides is 1. The molecule has 4 heteroatoms. The number of carbonyl (C=O) groups excluding carboxylic acids is 1. The molecule has 0 aliphatic carbocycles. The molecule has 1 aromatic rings. The van der Waals surface area contributed by atoms with Crippen LogP contribution in [-0.2, 0) is 24.1 Å². The van der Waals surface area contributed by atoms with Gasteiger partial charge in [-0.25, -0.2) is 0 Å². The van der Waals surface area contributed by atoms with E-state index in [1.54, 1.807) is 4.90 Å². The van der Waals surface area contributed by atoms with Crippen molar-refractivity contribution in [1.29, 1.82) is 0 Å². The molecule has 0 spiro atoms. The zero-order chi connectivity index (χ0) is 14.4. The molecule has 0 unspecified atom stereocenters. The number of carbonyl (C=O) groups is 1. The second kappa shape index (κ2) is 7.76. The molecule has 0 N–H and O–H groups in total. The standard InChI is InChI=1S/C15H21Cl2NO/c1-4-11-7-12(5-2)15(13(6-3)8-11)18(10-17)14(19)9-16/h7-8H,4-6,9-10H2,1-3H3. The minimum atomic E-state index is -0.148.